The van der Waals surface area contributed by atoms with Gasteiger partial charge in [-0.25, -0.2) is 0 Å². The van der Waals surface area contributed by atoms with Crippen molar-refractivity contribution in [1.82, 2.24) is 19.8 Å². The van der Waals surface area contributed by atoms with Gasteiger partial charge in [-0.1, -0.05) is 11.6 Å². The van der Waals surface area contributed by atoms with Crippen molar-refractivity contribution in [2.45, 2.75) is 25.4 Å². The molecule has 16 heavy (non-hydrogen) atoms. The topological polar surface area (TPSA) is 52.3 Å². The van der Waals surface area contributed by atoms with Crippen LogP contribution in [-0.2, 0) is 10.3 Å². The summed E-state index contributed by atoms with van der Waals surface area (Å²) in [6.45, 7) is 2.77. The Morgan fingerprint density at radius 1 is 1.44 bits per heavy atom. The molecule has 3 rings (SSSR count). The molecule has 1 unspecified atom stereocenters. The third-order valence-electron chi connectivity index (χ3n) is 2.92. The molecular weight excluding hydrogens is 228 g/mol. The van der Waals surface area contributed by atoms with Crippen molar-refractivity contribution in [2.24, 2.45) is 0 Å². The first-order valence-corrected chi connectivity index (χ1v) is 5.59. The van der Waals surface area contributed by atoms with E-state index in [0.717, 1.165) is 25.3 Å². The fourth-order valence-corrected chi connectivity index (χ4v) is 2.19. The molecule has 0 bridgehead atoms. The molecule has 2 aromatic rings. The predicted octanol–water partition coefficient (Wildman–Crippen LogP) is 1.80. The number of hydrogen-bond donors (Lipinski definition) is 0. The quantitative estimate of drug-likeness (QED) is 0.760. The largest absolute Gasteiger partial charge is 0.367 e. The van der Waals surface area contributed by atoms with Crippen LogP contribution in [0.3, 0.4) is 0 Å². The number of ether oxygens (including phenoxy) is 1. The van der Waals surface area contributed by atoms with E-state index in [1.165, 1.54) is 0 Å². The second-order valence-electron chi connectivity index (χ2n) is 4.13. The van der Waals surface area contributed by atoms with E-state index in [1.807, 2.05) is 6.92 Å². The van der Waals surface area contributed by atoms with Crippen LogP contribution in [0.1, 0.15) is 25.6 Å². The predicted molar refractivity (Wildman–Crippen MR) is 58.3 cm³/mol. The lowest BCUT2D eigenvalue weighted by molar-refractivity contribution is 0.00771. The summed E-state index contributed by atoms with van der Waals surface area (Å²) in [4.78, 5) is 0. The van der Waals surface area contributed by atoms with Gasteiger partial charge in [-0.2, -0.15) is 9.61 Å². The third-order valence-corrected chi connectivity index (χ3v) is 3.12. The Morgan fingerprint density at radius 2 is 2.31 bits per heavy atom. The van der Waals surface area contributed by atoms with Crippen LogP contribution in [0.25, 0.3) is 5.65 Å². The van der Waals surface area contributed by atoms with Gasteiger partial charge >= 0.3 is 0 Å². The van der Waals surface area contributed by atoms with Crippen LogP contribution >= 0.6 is 11.6 Å². The first-order valence-electron chi connectivity index (χ1n) is 5.21. The summed E-state index contributed by atoms with van der Waals surface area (Å²) in [7, 11) is 0. The third kappa shape index (κ3) is 1.39. The van der Waals surface area contributed by atoms with Crippen LogP contribution < -0.4 is 0 Å². The molecule has 1 aliphatic rings. The van der Waals surface area contributed by atoms with Gasteiger partial charge in [0.05, 0.1) is 0 Å². The standard InChI is InChI=1S/C10H11ClN4O/c1-10(5-2-6-16-10)9-13-12-8-4-3-7(11)14-15(8)9/h3-4H,2,5-6H2,1H3. The molecule has 1 aliphatic heterocycles. The van der Waals surface area contributed by atoms with Crippen molar-refractivity contribution in [3.63, 3.8) is 0 Å². The summed E-state index contributed by atoms with van der Waals surface area (Å²) in [6, 6.07) is 3.50. The lowest BCUT2D eigenvalue weighted by Gasteiger charge is -2.19. The van der Waals surface area contributed by atoms with Gasteiger partial charge in [-0.3, -0.25) is 0 Å². The maximum atomic E-state index is 5.87. The van der Waals surface area contributed by atoms with Gasteiger partial charge in [-0.05, 0) is 31.9 Å². The molecule has 5 nitrogen and oxygen atoms in total. The number of hydrogen-bond acceptors (Lipinski definition) is 4. The maximum Gasteiger partial charge on any atom is 0.186 e. The van der Waals surface area contributed by atoms with Gasteiger partial charge in [-0.15, -0.1) is 10.2 Å². The molecule has 0 amide bonds. The molecule has 0 spiro atoms. The molecule has 1 saturated heterocycles. The highest BCUT2D eigenvalue weighted by Gasteiger charge is 2.36. The van der Waals surface area contributed by atoms with E-state index in [4.69, 9.17) is 16.3 Å². The van der Waals surface area contributed by atoms with E-state index in [9.17, 15) is 0 Å². The Hall–Kier alpha value is -1.20. The van der Waals surface area contributed by atoms with Crippen molar-refractivity contribution in [3.05, 3.63) is 23.1 Å². The van der Waals surface area contributed by atoms with Crippen LogP contribution in [0.2, 0.25) is 5.15 Å². The van der Waals surface area contributed by atoms with Gasteiger partial charge in [0.1, 0.15) is 10.8 Å². The Labute approximate surface area is 97.4 Å². The van der Waals surface area contributed by atoms with E-state index in [2.05, 4.69) is 15.3 Å². The smallest absolute Gasteiger partial charge is 0.186 e. The summed E-state index contributed by atoms with van der Waals surface area (Å²) < 4.78 is 7.39. The number of aromatic nitrogens is 4. The Balaban J connectivity index is 2.19. The number of halogens is 1. The Morgan fingerprint density at radius 3 is 3.06 bits per heavy atom. The first-order chi connectivity index (χ1) is 7.69. The molecule has 0 N–H and O–H groups in total. The van der Waals surface area contributed by atoms with Gasteiger partial charge in [0.2, 0.25) is 0 Å². The zero-order chi connectivity index (χ0) is 11.2. The van der Waals surface area contributed by atoms with E-state index < -0.39 is 5.60 Å². The van der Waals surface area contributed by atoms with Crippen molar-refractivity contribution in [3.8, 4) is 0 Å². The van der Waals surface area contributed by atoms with Crippen molar-refractivity contribution >= 4 is 17.2 Å². The number of fused-ring (bicyclic) bond motifs is 1. The Kier molecular flexibility index (Phi) is 2.12. The fraction of sp³-hybridized carbons (Fsp3) is 0.500. The van der Waals surface area contributed by atoms with E-state index in [0.29, 0.717) is 10.8 Å². The minimum Gasteiger partial charge on any atom is -0.367 e. The van der Waals surface area contributed by atoms with E-state index >= 15 is 0 Å². The maximum absolute atomic E-state index is 5.87. The van der Waals surface area contributed by atoms with Crippen LogP contribution in [0, 0.1) is 0 Å². The highest BCUT2D eigenvalue weighted by molar-refractivity contribution is 6.29. The van der Waals surface area contributed by atoms with Crippen LogP contribution in [-0.4, -0.2) is 26.4 Å². The molecule has 0 radical (unpaired) electrons. The molecule has 84 valence electrons. The molecule has 3 heterocycles. The van der Waals surface area contributed by atoms with Gasteiger partial charge in [0, 0.05) is 6.61 Å². The zero-order valence-corrected chi connectivity index (χ0v) is 9.61. The van der Waals surface area contributed by atoms with Crippen molar-refractivity contribution in [2.75, 3.05) is 6.61 Å². The summed E-state index contributed by atoms with van der Waals surface area (Å²) in [5, 5.41) is 12.8. The van der Waals surface area contributed by atoms with Crippen LogP contribution in [0.4, 0.5) is 0 Å². The minimum absolute atomic E-state index is 0.392. The minimum atomic E-state index is -0.392. The summed E-state index contributed by atoms with van der Waals surface area (Å²) >= 11 is 5.87. The molecule has 2 aromatic heterocycles. The number of rotatable bonds is 1. The van der Waals surface area contributed by atoms with Crippen LogP contribution in [0.15, 0.2) is 12.1 Å². The van der Waals surface area contributed by atoms with Crippen molar-refractivity contribution in [1.29, 1.82) is 0 Å². The van der Waals surface area contributed by atoms with Crippen LogP contribution in [0.5, 0.6) is 0 Å². The average Bonchev–Trinajstić information content (AvgIpc) is 2.84. The normalized spacial score (nSPS) is 25.4. The highest BCUT2D eigenvalue weighted by atomic mass is 35.5. The molecule has 6 heteroatoms. The summed E-state index contributed by atoms with van der Waals surface area (Å²) in [5.74, 6) is 0.725. The average molecular weight is 239 g/mol. The summed E-state index contributed by atoms with van der Waals surface area (Å²) in [6.07, 6.45) is 1.97. The molecule has 0 aromatic carbocycles. The Bertz CT molecular complexity index is 533. The highest BCUT2D eigenvalue weighted by Crippen LogP contribution is 2.34. The lowest BCUT2D eigenvalue weighted by atomic mass is 10.0. The molecular formula is C10H11ClN4O. The molecule has 0 saturated carbocycles. The molecule has 0 aliphatic carbocycles. The number of nitrogens with zero attached hydrogens (tertiary/aromatic N) is 4. The van der Waals surface area contributed by atoms with Gasteiger partial charge in [0.25, 0.3) is 0 Å². The monoisotopic (exact) mass is 238 g/mol. The molecule has 1 atom stereocenters. The summed E-state index contributed by atoms with van der Waals surface area (Å²) in [5.41, 5.74) is 0.299. The lowest BCUT2D eigenvalue weighted by Crippen LogP contribution is -2.24. The van der Waals surface area contributed by atoms with Crippen molar-refractivity contribution < 1.29 is 4.74 Å². The zero-order valence-electron chi connectivity index (χ0n) is 8.85. The van der Waals surface area contributed by atoms with Gasteiger partial charge < -0.3 is 4.74 Å². The fourth-order valence-electron chi connectivity index (χ4n) is 2.05. The molecule has 1 fully saturated rings. The SMILES string of the molecule is CC1(c2nnc3ccc(Cl)nn23)CCCO1. The second kappa shape index (κ2) is 3.40. The van der Waals surface area contributed by atoms with Gasteiger partial charge in [0.15, 0.2) is 11.5 Å². The second-order valence-corrected chi connectivity index (χ2v) is 4.52. The van der Waals surface area contributed by atoms with E-state index in [-0.39, 0.29) is 0 Å². The van der Waals surface area contributed by atoms with E-state index in [1.54, 1.807) is 16.6 Å². The first kappa shape index (κ1) is 9.99.